The third-order valence-corrected chi connectivity index (χ3v) is 4.09. The van der Waals surface area contributed by atoms with E-state index in [2.05, 4.69) is 0 Å². The predicted octanol–water partition coefficient (Wildman–Crippen LogP) is 1.03. The van der Waals surface area contributed by atoms with Crippen LogP contribution in [-0.2, 0) is 10.0 Å². The zero-order valence-electron chi connectivity index (χ0n) is 10.4. The van der Waals surface area contributed by atoms with E-state index in [4.69, 9.17) is 9.84 Å². The van der Waals surface area contributed by atoms with E-state index in [0.29, 0.717) is 6.61 Å². The minimum absolute atomic E-state index is 0.0983. The Morgan fingerprint density at radius 1 is 1.39 bits per heavy atom. The van der Waals surface area contributed by atoms with Gasteiger partial charge in [-0.3, -0.25) is 0 Å². The van der Waals surface area contributed by atoms with Crippen LogP contribution in [0.4, 0.5) is 0 Å². The summed E-state index contributed by atoms with van der Waals surface area (Å²) >= 11 is 0. The Bertz CT molecular complexity index is 551. The standard InChI is InChI=1S/C11H15NO5S/c1-4-17-9-6-5-8(11(13)14)7-10(9)18(15,16)12(2)3/h5-7H,4H2,1-3H3,(H,13,14). The largest absolute Gasteiger partial charge is 0.492 e. The van der Waals surface area contributed by atoms with Gasteiger partial charge in [0, 0.05) is 14.1 Å². The Morgan fingerprint density at radius 3 is 2.44 bits per heavy atom. The van der Waals surface area contributed by atoms with Gasteiger partial charge in [-0.1, -0.05) is 0 Å². The molecule has 0 aliphatic carbocycles. The lowest BCUT2D eigenvalue weighted by molar-refractivity contribution is 0.0696. The maximum absolute atomic E-state index is 12.1. The molecule has 1 rings (SSSR count). The number of carbonyl (C=O) groups is 1. The molecule has 0 saturated carbocycles. The molecule has 0 heterocycles. The third kappa shape index (κ3) is 2.80. The second-order valence-electron chi connectivity index (χ2n) is 3.69. The van der Waals surface area contributed by atoms with E-state index in [-0.39, 0.29) is 16.2 Å². The minimum Gasteiger partial charge on any atom is -0.492 e. The van der Waals surface area contributed by atoms with E-state index in [1.807, 2.05) is 0 Å². The first kappa shape index (κ1) is 14.5. The highest BCUT2D eigenvalue weighted by atomic mass is 32.2. The molecule has 0 aliphatic rings. The quantitative estimate of drug-likeness (QED) is 0.866. The molecule has 0 saturated heterocycles. The van der Waals surface area contributed by atoms with Crippen molar-refractivity contribution in [1.29, 1.82) is 0 Å². The number of rotatable bonds is 5. The molecule has 0 unspecified atom stereocenters. The number of carboxylic acid groups (broad SMARTS) is 1. The van der Waals surface area contributed by atoms with Gasteiger partial charge in [0.2, 0.25) is 10.0 Å². The van der Waals surface area contributed by atoms with Crippen LogP contribution in [0.3, 0.4) is 0 Å². The minimum atomic E-state index is -3.74. The lowest BCUT2D eigenvalue weighted by atomic mass is 10.2. The maximum atomic E-state index is 12.1. The van der Waals surface area contributed by atoms with Crippen LogP contribution in [0, 0.1) is 0 Å². The number of hydrogen-bond acceptors (Lipinski definition) is 4. The first-order valence-corrected chi connectivity index (χ1v) is 6.67. The van der Waals surface area contributed by atoms with Gasteiger partial charge in [0.15, 0.2) is 0 Å². The van der Waals surface area contributed by atoms with Crippen LogP contribution in [0.25, 0.3) is 0 Å². The van der Waals surface area contributed by atoms with Crippen molar-refractivity contribution in [3.63, 3.8) is 0 Å². The molecule has 0 aromatic heterocycles. The second kappa shape index (κ2) is 5.36. The first-order valence-electron chi connectivity index (χ1n) is 5.23. The lowest BCUT2D eigenvalue weighted by Crippen LogP contribution is -2.23. The summed E-state index contributed by atoms with van der Waals surface area (Å²) in [6.07, 6.45) is 0. The summed E-state index contributed by atoms with van der Waals surface area (Å²) in [6.45, 7) is 2.01. The van der Waals surface area contributed by atoms with Gasteiger partial charge in [-0.2, -0.15) is 0 Å². The molecule has 1 N–H and O–H groups in total. The number of nitrogens with zero attached hydrogens (tertiary/aromatic N) is 1. The molecule has 0 fully saturated rings. The molecule has 1 aromatic rings. The SMILES string of the molecule is CCOc1ccc(C(=O)O)cc1S(=O)(=O)N(C)C. The summed E-state index contributed by atoms with van der Waals surface area (Å²) in [7, 11) is -0.994. The normalized spacial score (nSPS) is 11.6. The van der Waals surface area contributed by atoms with Crippen molar-refractivity contribution in [3.8, 4) is 5.75 Å². The summed E-state index contributed by atoms with van der Waals surface area (Å²) in [5, 5.41) is 8.89. The van der Waals surface area contributed by atoms with E-state index in [1.165, 1.54) is 26.2 Å². The van der Waals surface area contributed by atoms with Crippen LogP contribution >= 0.6 is 0 Å². The van der Waals surface area contributed by atoms with Crippen molar-refractivity contribution in [3.05, 3.63) is 23.8 Å². The van der Waals surface area contributed by atoms with Gasteiger partial charge < -0.3 is 9.84 Å². The van der Waals surface area contributed by atoms with Gasteiger partial charge in [0.1, 0.15) is 10.6 Å². The lowest BCUT2D eigenvalue weighted by Gasteiger charge is -2.15. The molecular weight excluding hydrogens is 258 g/mol. The fraction of sp³-hybridized carbons (Fsp3) is 0.364. The molecule has 0 radical (unpaired) electrons. The molecule has 18 heavy (non-hydrogen) atoms. The van der Waals surface area contributed by atoms with Gasteiger partial charge in [-0.05, 0) is 25.1 Å². The predicted molar refractivity (Wildman–Crippen MR) is 65.4 cm³/mol. The third-order valence-electron chi connectivity index (χ3n) is 2.25. The number of ether oxygens (including phenoxy) is 1. The molecule has 0 bridgehead atoms. The average molecular weight is 273 g/mol. The summed E-state index contributed by atoms with van der Waals surface area (Å²) in [6, 6.07) is 3.76. The number of aromatic carboxylic acids is 1. The van der Waals surface area contributed by atoms with Crippen LogP contribution in [0.5, 0.6) is 5.75 Å². The first-order chi connectivity index (χ1) is 8.30. The van der Waals surface area contributed by atoms with Crippen LogP contribution < -0.4 is 4.74 Å². The molecule has 100 valence electrons. The highest BCUT2D eigenvalue weighted by Crippen LogP contribution is 2.27. The zero-order chi connectivity index (χ0) is 13.9. The van der Waals surface area contributed by atoms with Gasteiger partial charge in [0.05, 0.1) is 12.2 Å². The monoisotopic (exact) mass is 273 g/mol. The van der Waals surface area contributed by atoms with E-state index in [0.717, 1.165) is 10.4 Å². The Kier molecular flexibility index (Phi) is 4.31. The van der Waals surface area contributed by atoms with Crippen molar-refractivity contribution in [1.82, 2.24) is 4.31 Å². The van der Waals surface area contributed by atoms with Crippen molar-refractivity contribution >= 4 is 16.0 Å². The Hall–Kier alpha value is -1.60. The highest BCUT2D eigenvalue weighted by Gasteiger charge is 2.23. The summed E-state index contributed by atoms with van der Waals surface area (Å²) in [5.41, 5.74) is -0.0983. The average Bonchev–Trinajstić information content (AvgIpc) is 2.29. The Balaban J connectivity index is 3.46. The molecule has 0 spiro atoms. The Morgan fingerprint density at radius 2 is 2.00 bits per heavy atom. The van der Waals surface area contributed by atoms with Crippen molar-refractivity contribution in [2.75, 3.05) is 20.7 Å². The van der Waals surface area contributed by atoms with Gasteiger partial charge in [-0.25, -0.2) is 17.5 Å². The van der Waals surface area contributed by atoms with Crippen molar-refractivity contribution in [2.45, 2.75) is 11.8 Å². The summed E-state index contributed by atoms with van der Waals surface area (Å²) < 4.78 is 30.3. The van der Waals surface area contributed by atoms with Crippen LogP contribution in [0.1, 0.15) is 17.3 Å². The van der Waals surface area contributed by atoms with E-state index >= 15 is 0 Å². The topological polar surface area (TPSA) is 83.9 Å². The number of sulfonamides is 1. The maximum Gasteiger partial charge on any atom is 0.335 e. The molecular formula is C11H15NO5S. The summed E-state index contributed by atoms with van der Waals surface area (Å²) in [4.78, 5) is 10.7. The molecule has 7 heteroatoms. The van der Waals surface area contributed by atoms with Crippen LogP contribution in [-0.4, -0.2) is 44.5 Å². The van der Waals surface area contributed by atoms with Crippen molar-refractivity contribution < 1.29 is 23.1 Å². The van der Waals surface area contributed by atoms with E-state index < -0.39 is 16.0 Å². The molecule has 0 amide bonds. The van der Waals surface area contributed by atoms with E-state index in [9.17, 15) is 13.2 Å². The number of benzene rings is 1. The van der Waals surface area contributed by atoms with Gasteiger partial charge in [0.25, 0.3) is 0 Å². The summed E-state index contributed by atoms with van der Waals surface area (Å²) in [5.74, 6) is -1.04. The fourth-order valence-electron chi connectivity index (χ4n) is 1.31. The van der Waals surface area contributed by atoms with Crippen LogP contribution in [0.15, 0.2) is 23.1 Å². The number of hydrogen-bond donors (Lipinski definition) is 1. The fourth-order valence-corrected chi connectivity index (χ4v) is 2.36. The molecule has 0 atom stereocenters. The van der Waals surface area contributed by atoms with Gasteiger partial charge in [-0.15, -0.1) is 0 Å². The zero-order valence-corrected chi connectivity index (χ0v) is 11.2. The van der Waals surface area contributed by atoms with Crippen molar-refractivity contribution in [2.24, 2.45) is 0 Å². The Labute approximate surface area is 106 Å². The van der Waals surface area contributed by atoms with Gasteiger partial charge >= 0.3 is 5.97 Å². The van der Waals surface area contributed by atoms with Crippen LogP contribution in [0.2, 0.25) is 0 Å². The molecule has 1 aromatic carbocycles. The number of carboxylic acids is 1. The molecule has 6 nitrogen and oxygen atoms in total. The molecule has 0 aliphatic heterocycles. The smallest absolute Gasteiger partial charge is 0.335 e. The van der Waals surface area contributed by atoms with E-state index in [1.54, 1.807) is 6.92 Å². The second-order valence-corrected chi connectivity index (χ2v) is 5.81. The highest BCUT2D eigenvalue weighted by molar-refractivity contribution is 7.89.